The quantitative estimate of drug-likeness (QED) is 0.577. The van der Waals surface area contributed by atoms with Crippen LogP contribution >= 0.6 is 0 Å². The minimum atomic E-state index is -5.08. The van der Waals surface area contributed by atoms with E-state index in [4.69, 9.17) is 0 Å². The standard InChI is InChI=1S/C14H9F6N5O4S/c1-30(28,29)23-25-11(26)6-2-9(24-4-10(21-5-24)14(18,19)20)7(13(15,16)17)3-8(6)22-12(25)27/h2-5,23H,1H3,(H,22,27). The molecule has 0 aliphatic carbocycles. The Labute approximate surface area is 161 Å². The third-order valence-electron chi connectivity index (χ3n) is 3.73. The van der Waals surface area contributed by atoms with E-state index in [0.717, 1.165) is 0 Å². The van der Waals surface area contributed by atoms with Crippen molar-refractivity contribution in [2.24, 2.45) is 0 Å². The minimum absolute atomic E-state index is 0.00373. The molecule has 162 valence electrons. The number of sulfonamides is 1. The van der Waals surface area contributed by atoms with Crippen LogP contribution < -0.4 is 16.1 Å². The molecule has 0 saturated heterocycles. The molecule has 2 heterocycles. The lowest BCUT2D eigenvalue weighted by Gasteiger charge is -2.15. The monoisotopic (exact) mass is 457 g/mol. The number of aromatic nitrogens is 4. The summed E-state index contributed by atoms with van der Waals surface area (Å²) < 4.78 is 102. The van der Waals surface area contributed by atoms with Gasteiger partial charge in [-0.15, -0.1) is 0 Å². The molecule has 16 heteroatoms. The Morgan fingerprint density at radius 1 is 1.07 bits per heavy atom. The van der Waals surface area contributed by atoms with Gasteiger partial charge in [0.1, 0.15) is 0 Å². The zero-order chi connectivity index (χ0) is 22.6. The molecule has 2 aromatic heterocycles. The first kappa shape index (κ1) is 21.4. The van der Waals surface area contributed by atoms with Gasteiger partial charge in [0.15, 0.2) is 5.69 Å². The highest BCUT2D eigenvalue weighted by Gasteiger charge is 2.37. The second kappa shape index (κ2) is 6.61. The molecule has 0 amide bonds. The van der Waals surface area contributed by atoms with Crippen LogP contribution in [0.15, 0.2) is 34.2 Å². The maximum absolute atomic E-state index is 13.5. The Bertz CT molecular complexity index is 1370. The fourth-order valence-corrected chi connectivity index (χ4v) is 3.04. The molecular weight excluding hydrogens is 448 g/mol. The maximum Gasteiger partial charge on any atom is 0.434 e. The molecule has 0 aliphatic rings. The van der Waals surface area contributed by atoms with E-state index in [-0.39, 0.29) is 10.9 Å². The van der Waals surface area contributed by atoms with Gasteiger partial charge in [-0.3, -0.25) is 4.79 Å². The number of H-pyrrole nitrogens is 1. The van der Waals surface area contributed by atoms with Gasteiger partial charge in [-0.1, -0.05) is 0 Å². The van der Waals surface area contributed by atoms with Crippen LogP contribution in [0.25, 0.3) is 16.6 Å². The van der Waals surface area contributed by atoms with Crippen LogP contribution in [-0.4, -0.2) is 33.9 Å². The van der Waals surface area contributed by atoms with Gasteiger partial charge in [0.2, 0.25) is 10.0 Å². The first-order valence-corrected chi connectivity index (χ1v) is 9.47. The molecule has 0 spiro atoms. The van der Waals surface area contributed by atoms with Crippen molar-refractivity contribution in [3.63, 3.8) is 0 Å². The minimum Gasteiger partial charge on any atom is -0.305 e. The van der Waals surface area contributed by atoms with E-state index in [1.165, 1.54) is 0 Å². The van der Waals surface area contributed by atoms with Gasteiger partial charge in [0.05, 0.1) is 34.7 Å². The highest BCUT2D eigenvalue weighted by atomic mass is 32.2. The first-order valence-electron chi connectivity index (χ1n) is 7.57. The molecular formula is C14H9F6N5O4S. The molecule has 0 atom stereocenters. The lowest BCUT2D eigenvalue weighted by Crippen LogP contribution is -2.43. The largest absolute Gasteiger partial charge is 0.434 e. The molecule has 3 rings (SSSR count). The van der Waals surface area contributed by atoms with Crippen LogP contribution in [-0.2, 0) is 22.4 Å². The van der Waals surface area contributed by atoms with Crippen molar-refractivity contribution in [3.05, 3.63) is 56.8 Å². The highest BCUT2D eigenvalue weighted by molar-refractivity contribution is 7.91. The van der Waals surface area contributed by atoms with E-state index in [9.17, 15) is 44.3 Å². The smallest absolute Gasteiger partial charge is 0.305 e. The summed E-state index contributed by atoms with van der Waals surface area (Å²) in [5.74, 6) is 0. The Morgan fingerprint density at radius 2 is 1.70 bits per heavy atom. The van der Waals surface area contributed by atoms with E-state index in [1.807, 2.05) is 4.98 Å². The van der Waals surface area contributed by atoms with Crippen LogP contribution in [0.1, 0.15) is 11.3 Å². The SMILES string of the molecule is CS(=O)(=O)Nn1c(=O)[nH]c2cc(C(F)(F)F)c(-n3cnc(C(F)(F)F)c3)cc2c1=O. The van der Waals surface area contributed by atoms with Crippen LogP contribution in [0.2, 0.25) is 0 Å². The van der Waals surface area contributed by atoms with E-state index in [1.54, 1.807) is 4.83 Å². The Morgan fingerprint density at radius 3 is 2.20 bits per heavy atom. The molecule has 0 aliphatic heterocycles. The van der Waals surface area contributed by atoms with Crippen molar-refractivity contribution < 1.29 is 34.8 Å². The van der Waals surface area contributed by atoms with E-state index in [2.05, 4.69) is 4.98 Å². The summed E-state index contributed by atoms with van der Waals surface area (Å²) in [6, 6.07) is 0.921. The number of halogens is 6. The van der Waals surface area contributed by atoms with Gasteiger partial charge in [0.25, 0.3) is 5.56 Å². The summed E-state index contributed by atoms with van der Waals surface area (Å²) in [7, 11) is -4.12. The van der Waals surface area contributed by atoms with Crippen molar-refractivity contribution in [2.45, 2.75) is 12.4 Å². The van der Waals surface area contributed by atoms with Crippen molar-refractivity contribution in [3.8, 4) is 5.69 Å². The molecule has 2 N–H and O–H groups in total. The number of benzene rings is 1. The Balaban J connectivity index is 2.37. The third kappa shape index (κ3) is 4.03. The zero-order valence-electron chi connectivity index (χ0n) is 14.5. The molecule has 0 saturated carbocycles. The predicted octanol–water partition coefficient (Wildman–Crippen LogP) is 1.42. The number of fused-ring (bicyclic) bond motifs is 1. The van der Waals surface area contributed by atoms with E-state index >= 15 is 0 Å². The van der Waals surface area contributed by atoms with Crippen molar-refractivity contribution in [1.82, 2.24) is 19.2 Å². The van der Waals surface area contributed by atoms with Crippen molar-refractivity contribution in [2.75, 3.05) is 11.1 Å². The number of imidazole rings is 1. The van der Waals surface area contributed by atoms with Crippen LogP contribution in [0.4, 0.5) is 26.3 Å². The van der Waals surface area contributed by atoms with Crippen molar-refractivity contribution in [1.29, 1.82) is 0 Å². The van der Waals surface area contributed by atoms with E-state index in [0.29, 0.717) is 29.3 Å². The summed E-state index contributed by atoms with van der Waals surface area (Å²) in [4.78, 5) is 30.9. The molecule has 1 aromatic carbocycles. The normalized spacial score (nSPS) is 13.0. The summed E-state index contributed by atoms with van der Waals surface area (Å²) in [5, 5.41) is -0.601. The summed E-state index contributed by atoms with van der Waals surface area (Å²) in [6.07, 6.45) is -8.64. The Kier molecular flexibility index (Phi) is 4.72. The van der Waals surface area contributed by atoms with Crippen LogP contribution in [0.3, 0.4) is 0 Å². The number of hydrogen-bond donors (Lipinski definition) is 2. The zero-order valence-corrected chi connectivity index (χ0v) is 15.3. The molecule has 9 nitrogen and oxygen atoms in total. The summed E-state index contributed by atoms with van der Waals surface area (Å²) >= 11 is 0. The number of nitrogens with one attached hydrogen (secondary N) is 2. The van der Waals surface area contributed by atoms with Crippen molar-refractivity contribution >= 4 is 20.9 Å². The van der Waals surface area contributed by atoms with Gasteiger partial charge in [-0.05, 0) is 12.1 Å². The molecule has 3 aromatic rings. The lowest BCUT2D eigenvalue weighted by atomic mass is 10.1. The van der Waals surface area contributed by atoms with Gasteiger partial charge in [-0.2, -0.15) is 31.0 Å². The summed E-state index contributed by atoms with van der Waals surface area (Å²) in [6.45, 7) is 0. The van der Waals surface area contributed by atoms with Gasteiger partial charge >= 0.3 is 18.0 Å². The predicted molar refractivity (Wildman–Crippen MR) is 90.2 cm³/mol. The van der Waals surface area contributed by atoms with E-state index < -0.39 is 61.5 Å². The maximum atomic E-state index is 13.5. The fraction of sp³-hybridized carbons (Fsp3) is 0.214. The number of alkyl halides is 6. The number of nitrogens with zero attached hydrogens (tertiary/aromatic N) is 3. The lowest BCUT2D eigenvalue weighted by molar-refractivity contribution is -0.140. The second-order valence-electron chi connectivity index (χ2n) is 6.01. The molecule has 0 fully saturated rings. The van der Waals surface area contributed by atoms with Gasteiger partial charge in [-0.25, -0.2) is 23.0 Å². The second-order valence-corrected chi connectivity index (χ2v) is 7.74. The fourth-order valence-electron chi connectivity index (χ4n) is 2.54. The Hall–Kier alpha value is -3.30. The first-order chi connectivity index (χ1) is 13.6. The number of hydrogen-bond acceptors (Lipinski definition) is 5. The van der Waals surface area contributed by atoms with Gasteiger partial charge < -0.3 is 9.55 Å². The third-order valence-corrected chi connectivity index (χ3v) is 4.24. The highest BCUT2D eigenvalue weighted by Crippen LogP contribution is 2.36. The molecule has 0 bridgehead atoms. The molecule has 0 unspecified atom stereocenters. The van der Waals surface area contributed by atoms with Gasteiger partial charge in [0, 0.05) is 6.20 Å². The van der Waals surface area contributed by atoms with Crippen LogP contribution in [0.5, 0.6) is 0 Å². The molecule has 0 radical (unpaired) electrons. The topological polar surface area (TPSA) is 119 Å². The van der Waals surface area contributed by atoms with Crippen LogP contribution in [0, 0.1) is 0 Å². The molecule has 30 heavy (non-hydrogen) atoms. The summed E-state index contributed by atoms with van der Waals surface area (Å²) in [5.41, 5.74) is -7.17. The number of rotatable bonds is 3. The number of aromatic amines is 1. The average molecular weight is 457 g/mol. The average Bonchev–Trinajstić information content (AvgIpc) is 3.06.